The van der Waals surface area contributed by atoms with E-state index < -0.39 is 0 Å². The van der Waals surface area contributed by atoms with Gasteiger partial charge >= 0.3 is 0 Å². The van der Waals surface area contributed by atoms with Gasteiger partial charge in [-0.05, 0) is 87.3 Å². The monoisotopic (exact) mass is 414 g/mol. The number of Topliss-reactive ketones (excluding diaryl/α,β-unsaturated/α-hetero) is 1. The molecule has 3 heteroatoms. The van der Waals surface area contributed by atoms with Crippen molar-refractivity contribution in [2.75, 3.05) is 7.11 Å². The number of ether oxygens (including phenoxy) is 1. The van der Waals surface area contributed by atoms with Crippen molar-refractivity contribution in [3.8, 4) is 5.75 Å². The molecule has 2 aromatic rings. The zero-order chi connectivity index (χ0) is 21.5. The molecule has 1 aromatic heterocycles. The Morgan fingerprint density at radius 2 is 2.03 bits per heavy atom. The number of hydrogen-bond donors (Lipinski definition) is 0. The molecule has 1 unspecified atom stereocenters. The number of ketones is 1. The molecule has 0 aliphatic heterocycles. The van der Waals surface area contributed by atoms with Crippen molar-refractivity contribution < 1.29 is 13.9 Å². The van der Waals surface area contributed by atoms with Crippen LogP contribution in [-0.2, 0) is 11.2 Å². The maximum absolute atomic E-state index is 13.6. The van der Waals surface area contributed by atoms with Gasteiger partial charge in [-0.25, -0.2) is 0 Å². The highest BCUT2D eigenvalue weighted by Gasteiger charge is 2.37. The fraction of sp³-hybridized carbons (Fsp3) is 0.393. The first-order valence-corrected chi connectivity index (χ1v) is 11.4. The van der Waals surface area contributed by atoms with Gasteiger partial charge in [0.25, 0.3) is 0 Å². The molecule has 1 atom stereocenters. The minimum absolute atomic E-state index is 0.0745. The summed E-state index contributed by atoms with van der Waals surface area (Å²) in [6.07, 6.45) is 10.4. The summed E-state index contributed by atoms with van der Waals surface area (Å²) in [6.45, 7) is 6.14. The first-order valence-electron chi connectivity index (χ1n) is 11.4. The van der Waals surface area contributed by atoms with E-state index in [1.54, 1.807) is 7.11 Å². The van der Waals surface area contributed by atoms with Gasteiger partial charge in [0.2, 0.25) is 0 Å². The number of rotatable bonds is 6. The van der Waals surface area contributed by atoms with Crippen molar-refractivity contribution in [1.29, 1.82) is 0 Å². The van der Waals surface area contributed by atoms with Crippen LogP contribution in [0.5, 0.6) is 5.75 Å². The van der Waals surface area contributed by atoms with Gasteiger partial charge in [-0.1, -0.05) is 22.8 Å². The molecule has 5 rings (SSSR count). The smallest absolute Gasteiger partial charge is 0.170 e. The highest BCUT2D eigenvalue weighted by atomic mass is 16.5. The lowest BCUT2D eigenvalue weighted by molar-refractivity contribution is -0.118. The van der Waals surface area contributed by atoms with Crippen molar-refractivity contribution in [3.05, 3.63) is 76.1 Å². The maximum Gasteiger partial charge on any atom is 0.170 e. The molecular formula is C28H30O3. The van der Waals surface area contributed by atoms with E-state index in [0.29, 0.717) is 5.78 Å². The highest BCUT2D eigenvalue weighted by molar-refractivity contribution is 6.06. The Kier molecular flexibility index (Phi) is 5.21. The molecule has 31 heavy (non-hydrogen) atoms. The SMILES string of the molecule is C=C(C)CC1C(=O)C2=C(C=C1CCc1cc3cc(OC)ccc3o1)CC1=C2CCCC1. The number of methoxy groups -OCH3 is 1. The molecule has 0 amide bonds. The van der Waals surface area contributed by atoms with Gasteiger partial charge in [0.15, 0.2) is 5.78 Å². The van der Waals surface area contributed by atoms with Crippen LogP contribution in [0.1, 0.15) is 57.6 Å². The van der Waals surface area contributed by atoms with E-state index in [-0.39, 0.29) is 5.92 Å². The first-order chi connectivity index (χ1) is 15.0. The summed E-state index contributed by atoms with van der Waals surface area (Å²) in [4.78, 5) is 13.6. The van der Waals surface area contributed by atoms with Crippen LogP contribution in [0.15, 0.2) is 74.8 Å². The summed E-state index contributed by atoms with van der Waals surface area (Å²) in [5.41, 5.74) is 8.40. The topological polar surface area (TPSA) is 39.4 Å². The highest BCUT2D eigenvalue weighted by Crippen LogP contribution is 2.47. The molecule has 0 fully saturated rings. The van der Waals surface area contributed by atoms with E-state index >= 15 is 0 Å². The van der Waals surface area contributed by atoms with Crippen molar-refractivity contribution in [2.24, 2.45) is 5.92 Å². The lowest BCUT2D eigenvalue weighted by Crippen LogP contribution is -2.24. The number of carbonyl (C=O) groups excluding carboxylic acids is 1. The van der Waals surface area contributed by atoms with Crippen LogP contribution in [-0.4, -0.2) is 12.9 Å². The van der Waals surface area contributed by atoms with Crippen molar-refractivity contribution in [1.82, 2.24) is 0 Å². The maximum atomic E-state index is 13.6. The van der Waals surface area contributed by atoms with Crippen molar-refractivity contribution >= 4 is 16.8 Å². The third kappa shape index (κ3) is 3.71. The lowest BCUT2D eigenvalue weighted by atomic mass is 9.76. The van der Waals surface area contributed by atoms with E-state index in [4.69, 9.17) is 9.15 Å². The number of carbonyl (C=O) groups is 1. The quantitative estimate of drug-likeness (QED) is 0.476. The molecule has 3 aliphatic rings. The molecule has 0 bridgehead atoms. The first kappa shape index (κ1) is 20.1. The summed E-state index contributed by atoms with van der Waals surface area (Å²) >= 11 is 0. The van der Waals surface area contributed by atoms with E-state index in [2.05, 4.69) is 18.7 Å². The Morgan fingerprint density at radius 1 is 1.19 bits per heavy atom. The second-order valence-corrected chi connectivity index (χ2v) is 9.28. The summed E-state index contributed by atoms with van der Waals surface area (Å²) < 4.78 is 11.4. The number of allylic oxidation sites excluding steroid dienone is 7. The molecule has 0 saturated heterocycles. The number of furan rings is 1. The van der Waals surface area contributed by atoms with Gasteiger partial charge in [0, 0.05) is 23.3 Å². The van der Waals surface area contributed by atoms with E-state index in [1.807, 2.05) is 25.1 Å². The third-order valence-corrected chi connectivity index (χ3v) is 6.97. The molecule has 1 aromatic carbocycles. The van der Waals surface area contributed by atoms with Gasteiger partial charge in [-0.3, -0.25) is 4.79 Å². The van der Waals surface area contributed by atoms with Crippen LogP contribution < -0.4 is 4.74 Å². The molecular weight excluding hydrogens is 384 g/mol. The Hall–Kier alpha value is -2.81. The molecule has 3 nitrogen and oxygen atoms in total. The molecule has 0 N–H and O–H groups in total. The zero-order valence-electron chi connectivity index (χ0n) is 18.6. The van der Waals surface area contributed by atoms with Crippen molar-refractivity contribution in [3.63, 3.8) is 0 Å². The molecule has 0 saturated carbocycles. The Labute approximate surface area is 184 Å². The molecule has 160 valence electrons. The molecule has 0 spiro atoms. The molecule has 3 aliphatic carbocycles. The zero-order valence-corrected chi connectivity index (χ0v) is 18.6. The average molecular weight is 415 g/mol. The van der Waals surface area contributed by atoms with Crippen LogP contribution in [0.3, 0.4) is 0 Å². The van der Waals surface area contributed by atoms with Crippen LogP contribution in [0, 0.1) is 5.92 Å². The fourth-order valence-corrected chi connectivity index (χ4v) is 5.49. The van der Waals surface area contributed by atoms with Crippen LogP contribution in [0.2, 0.25) is 0 Å². The largest absolute Gasteiger partial charge is 0.497 e. The Morgan fingerprint density at radius 3 is 2.84 bits per heavy atom. The van der Waals surface area contributed by atoms with Gasteiger partial charge in [-0.15, -0.1) is 6.58 Å². The predicted molar refractivity (Wildman–Crippen MR) is 124 cm³/mol. The normalized spacial score (nSPS) is 20.8. The van der Waals surface area contributed by atoms with Gasteiger partial charge in [0.05, 0.1) is 7.11 Å². The van der Waals surface area contributed by atoms with Crippen LogP contribution in [0.4, 0.5) is 0 Å². The number of hydrogen-bond acceptors (Lipinski definition) is 3. The van der Waals surface area contributed by atoms with Crippen LogP contribution in [0.25, 0.3) is 11.0 Å². The van der Waals surface area contributed by atoms with Gasteiger partial charge in [0.1, 0.15) is 17.1 Å². The Balaban J connectivity index is 1.41. The van der Waals surface area contributed by atoms with Gasteiger partial charge < -0.3 is 9.15 Å². The number of aryl methyl sites for hydroxylation is 1. The average Bonchev–Trinajstić information content (AvgIpc) is 3.34. The summed E-state index contributed by atoms with van der Waals surface area (Å²) in [6, 6.07) is 7.97. The van der Waals surface area contributed by atoms with Crippen LogP contribution >= 0.6 is 0 Å². The van der Waals surface area contributed by atoms with E-state index in [1.165, 1.54) is 35.1 Å². The van der Waals surface area contributed by atoms with E-state index in [9.17, 15) is 4.79 Å². The standard InChI is InChI=1S/C28H30O3/c1-17(2)12-25-19(8-9-23-16-20-15-22(30-3)10-11-26(20)31-23)14-21-13-18-6-4-5-7-24(18)27(21)28(25)29/h10-11,14-16,25H,1,4-9,12-13H2,2-3H3. The van der Waals surface area contributed by atoms with Crippen molar-refractivity contribution in [2.45, 2.75) is 58.3 Å². The molecule has 0 radical (unpaired) electrons. The second-order valence-electron chi connectivity index (χ2n) is 9.28. The fourth-order valence-electron chi connectivity index (χ4n) is 5.49. The van der Waals surface area contributed by atoms with E-state index in [0.717, 1.165) is 72.2 Å². The Bertz CT molecular complexity index is 1170. The predicted octanol–water partition coefficient (Wildman–Crippen LogP) is 7.04. The lowest BCUT2D eigenvalue weighted by Gasteiger charge is -2.26. The minimum Gasteiger partial charge on any atom is -0.497 e. The summed E-state index contributed by atoms with van der Waals surface area (Å²) in [5.74, 6) is 2.04. The molecule has 1 heterocycles. The number of benzene rings is 1. The third-order valence-electron chi connectivity index (χ3n) is 6.97. The number of fused-ring (bicyclic) bond motifs is 2. The second kappa shape index (κ2) is 8.03. The summed E-state index contributed by atoms with van der Waals surface area (Å²) in [7, 11) is 1.68. The minimum atomic E-state index is -0.0745. The van der Waals surface area contributed by atoms with Gasteiger partial charge in [-0.2, -0.15) is 0 Å². The summed E-state index contributed by atoms with van der Waals surface area (Å²) in [5, 5.41) is 1.05.